The van der Waals surface area contributed by atoms with Gasteiger partial charge in [-0.1, -0.05) is 25.4 Å². The lowest BCUT2D eigenvalue weighted by Crippen LogP contribution is -2.55. The average Bonchev–Trinajstić information content (AvgIpc) is 2.44. The van der Waals surface area contributed by atoms with Crippen LogP contribution in [0.1, 0.15) is 33.1 Å². The predicted octanol–water partition coefficient (Wildman–Crippen LogP) is 0.259. The molecule has 0 saturated carbocycles. The van der Waals surface area contributed by atoms with Gasteiger partial charge in [-0.25, -0.2) is 8.42 Å². The number of oxime groups is 1. The minimum atomic E-state index is -3.12. The maximum Gasteiger partial charge on any atom is 0.214 e. The van der Waals surface area contributed by atoms with E-state index in [4.69, 9.17) is 10.9 Å². The quantitative estimate of drug-likeness (QED) is 0.304. The number of rotatable bonds is 7. The van der Waals surface area contributed by atoms with Crippen molar-refractivity contribution in [2.75, 3.05) is 31.9 Å². The molecule has 0 radical (unpaired) electrons. The van der Waals surface area contributed by atoms with E-state index < -0.39 is 10.0 Å². The third kappa shape index (κ3) is 4.32. The molecule has 0 aromatic heterocycles. The Balaban J connectivity index is 2.64. The topological polar surface area (TPSA) is 99.2 Å². The van der Waals surface area contributed by atoms with E-state index in [0.29, 0.717) is 32.6 Å². The summed E-state index contributed by atoms with van der Waals surface area (Å²) in [5.74, 6) is 0.405. The Morgan fingerprint density at radius 3 is 2.30 bits per heavy atom. The number of nitrogens with zero attached hydrogens (tertiary/aromatic N) is 3. The first-order valence-corrected chi connectivity index (χ1v) is 8.76. The van der Waals surface area contributed by atoms with Crippen molar-refractivity contribution in [3.8, 4) is 0 Å². The molecule has 20 heavy (non-hydrogen) atoms. The van der Waals surface area contributed by atoms with E-state index in [1.54, 1.807) is 4.31 Å². The lowest BCUT2D eigenvalue weighted by Gasteiger charge is -2.38. The van der Waals surface area contributed by atoms with Gasteiger partial charge < -0.3 is 10.9 Å². The van der Waals surface area contributed by atoms with Crippen LogP contribution < -0.4 is 5.73 Å². The summed E-state index contributed by atoms with van der Waals surface area (Å²) < 4.78 is 25.5. The van der Waals surface area contributed by atoms with Crippen LogP contribution in [0.4, 0.5) is 0 Å². The van der Waals surface area contributed by atoms with Crippen molar-refractivity contribution in [1.82, 2.24) is 9.21 Å². The Morgan fingerprint density at radius 1 is 1.25 bits per heavy atom. The Labute approximate surface area is 121 Å². The molecule has 0 aromatic rings. The number of piperazine rings is 1. The standard InChI is InChI=1S/C12H26N4O3S/c1-3-5-11(12(13)14-17)15-6-8-16(9-7-15)20(18,19)10-4-2/h11,17H,3-10H2,1-2H3,(H2,13,14). The van der Waals surface area contributed by atoms with Gasteiger partial charge in [-0.15, -0.1) is 0 Å². The summed E-state index contributed by atoms with van der Waals surface area (Å²) in [7, 11) is -3.12. The molecule has 1 unspecified atom stereocenters. The first-order chi connectivity index (χ1) is 9.46. The van der Waals surface area contributed by atoms with Crippen LogP contribution in [-0.2, 0) is 10.0 Å². The Bertz CT molecular complexity index is 416. The molecular formula is C12H26N4O3S. The lowest BCUT2D eigenvalue weighted by molar-refractivity contribution is 0.158. The van der Waals surface area contributed by atoms with E-state index >= 15 is 0 Å². The van der Waals surface area contributed by atoms with Crippen LogP contribution in [0.3, 0.4) is 0 Å². The Kier molecular flexibility index (Phi) is 6.70. The highest BCUT2D eigenvalue weighted by molar-refractivity contribution is 7.89. The first-order valence-electron chi connectivity index (χ1n) is 7.15. The molecule has 1 rings (SSSR count). The molecule has 1 atom stereocenters. The number of sulfonamides is 1. The molecule has 1 heterocycles. The molecule has 1 aliphatic rings. The molecular weight excluding hydrogens is 280 g/mol. The third-order valence-electron chi connectivity index (χ3n) is 3.59. The van der Waals surface area contributed by atoms with Crippen LogP contribution in [0.2, 0.25) is 0 Å². The summed E-state index contributed by atoms with van der Waals surface area (Å²) in [5.41, 5.74) is 5.73. The highest BCUT2D eigenvalue weighted by Crippen LogP contribution is 2.14. The number of nitrogens with two attached hydrogens (primary N) is 1. The zero-order valence-electron chi connectivity index (χ0n) is 12.3. The van der Waals surface area contributed by atoms with Crippen LogP contribution in [-0.4, -0.2) is 66.6 Å². The fourth-order valence-electron chi connectivity index (χ4n) is 2.54. The van der Waals surface area contributed by atoms with Gasteiger partial charge in [-0.3, -0.25) is 4.90 Å². The van der Waals surface area contributed by atoms with Gasteiger partial charge >= 0.3 is 0 Å². The van der Waals surface area contributed by atoms with Gasteiger partial charge in [0.1, 0.15) is 0 Å². The fourth-order valence-corrected chi connectivity index (χ4v) is 4.03. The van der Waals surface area contributed by atoms with Crippen molar-refractivity contribution in [2.45, 2.75) is 39.2 Å². The van der Waals surface area contributed by atoms with Gasteiger partial charge in [0, 0.05) is 26.2 Å². The largest absolute Gasteiger partial charge is 0.409 e. The molecule has 7 nitrogen and oxygen atoms in total. The SMILES string of the molecule is CCCC(C(N)=NO)N1CCN(S(=O)(=O)CCC)CC1. The van der Waals surface area contributed by atoms with Crippen molar-refractivity contribution in [3.63, 3.8) is 0 Å². The van der Waals surface area contributed by atoms with Crippen LogP contribution in [0.15, 0.2) is 5.16 Å². The van der Waals surface area contributed by atoms with E-state index in [9.17, 15) is 8.42 Å². The van der Waals surface area contributed by atoms with Gasteiger partial charge in [0.2, 0.25) is 10.0 Å². The lowest BCUT2D eigenvalue weighted by atomic mass is 10.1. The monoisotopic (exact) mass is 306 g/mol. The molecule has 8 heteroatoms. The van der Waals surface area contributed by atoms with Crippen molar-refractivity contribution >= 4 is 15.9 Å². The second-order valence-electron chi connectivity index (χ2n) is 5.08. The summed E-state index contributed by atoms with van der Waals surface area (Å²) in [6.45, 7) is 6.08. The van der Waals surface area contributed by atoms with Crippen molar-refractivity contribution in [1.29, 1.82) is 0 Å². The second kappa shape index (κ2) is 7.80. The number of hydrogen-bond acceptors (Lipinski definition) is 5. The summed E-state index contributed by atoms with van der Waals surface area (Å²) in [5, 5.41) is 11.9. The fraction of sp³-hybridized carbons (Fsp3) is 0.917. The van der Waals surface area contributed by atoms with Crippen LogP contribution in [0.25, 0.3) is 0 Å². The Hall–Kier alpha value is -0.860. The minimum absolute atomic E-state index is 0.110. The molecule has 118 valence electrons. The van der Waals surface area contributed by atoms with Gasteiger partial charge in [0.25, 0.3) is 0 Å². The molecule has 1 aliphatic heterocycles. The van der Waals surface area contributed by atoms with E-state index in [2.05, 4.69) is 10.1 Å². The summed E-state index contributed by atoms with van der Waals surface area (Å²) >= 11 is 0. The molecule has 0 aromatic carbocycles. The molecule has 0 bridgehead atoms. The van der Waals surface area contributed by atoms with Crippen LogP contribution in [0.5, 0.6) is 0 Å². The van der Waals surface area contributed by atoms with Crippen LogP contribution >= 0.6 is 0 Å². The van der Waals surface area contributed by atoms with E-state index in [0.717, 1.165) is 12.8 Å². The summed E-state index contributed by atoms with van der Waals surface area (Å²) in [6.07, 6.45) is 2.36. The molecule has 3 N–H and O–H groups in total. The second-order valence-corrected chi connectivity index (χ2v) is 7.17. The van der Waals surface area contributed by atoms with Crippen molar-refractivity contribution in [2.24, 2.45) is 10.9 Å². The third-order valence-corrected chi connectivity index (χ3v) is 5.66. The maximum absolute atomic E-state index is 12.0. The van der Waals surface area contributed by atoms with Gasteiger partial charge in [0.15, 0.2) is 5.84 Å². The van der Waals surface area contributed by atoms with Gasteiger partial charge in [-0.05, 0) is 12.8 Å². The van der Waals surface area contributed by atoms with Crippen LogP contribution in [0, 0.1) is 0 Å². The van der Waals surface area contributed by atoms with Gasteiger partial charge in [0.05, 0.1) is 11.8 Å². The molecule has 0 spiro atoms. The molecule has 0 aliphatic carbocycles. The zero-order valence-corrected chi connectivity index (χ0v) is 13.1. The zero-order chi connectivity index (χ0) is 15.2. The molecule has 1 fully saturated rings. The number of hydrogen-bond donors (Lipinski definition) is 2. The van der Waals surface area contributed by atoms with Crippen molar-refractivity contribution in [3.05, 3.63) is 0 Å². The highest BCUT2D eigenvalue weighted by atomic mass is 32.2. The average molecular weight is 306 g/mol. The normalized spacial score (nSPS) is 21.0. The van der Waals surface area contributed by atoms with E-state index in [1.807, 2.05) is 13.8 Å². The summed E-state index contributed by atoms with van der Waals surface area (Å²) in [6, 6.07) is -0.110. The molecule has 1 saturated heterocycles. The maximum atomic E-state index is 12.0. The Morgan fingerprint density at radius 2 is 1.85 bits per heavy atom. The minimum Gasteiger partial charge on any atom is -0.409 e. The van der Waals surface area contributed by atoms with E-state index in [-0.39, 0.29) is 17.6 Å². The summed E-state index contributed by atoms with van der Waals surface area (Å²) in [4.78, 5) is 2.09. The predicted molar refractivity (Wildman–Crippen MR) is 79.3 cm³/mol. The van der Waals surface area contributed by atoms with Gasteiger partial charge in [-0.2, -0.15) is 4.31 Å². The van der Waals surface area contributed by atoms with Crippen molar-refractivity contribution < 1.29 is 13.6 Å². The smallest absolute Gasteiger partial charge is 0.214 e. The highest BCUT2D eigenvalue weighted by Gasteiger charge is 2.30. The number of amidine groups is 1. The molecule has 0 amide bonds. The first kappa shape index (κ1) is 17.2. The van der Waals surface area contributed by atoms with E-state index in [1.165, 1.54) is 0 Å².